The second kappa shape index (κ2) is 11.6. The summed E-state index contributed by atoms with van der Waals surface area (Å²) in [5, 5.41) is 13.1. The number of carbonyl (C=O) groups excluding carboxylic acids is 1. The Labute approximate surface area is 226 Å². The van der Waals surface area contributed by atoms with Gasteiger partial charge in [-0.3, -0.25) is 19.1 Å². The summed E-state index contributed by atoms with van der Waals surface area (Å²) in [6.07, 6.45) is 2.52. The van der Waals surface area contributed by atoms with Crippen LogP contribution in [0, 0.1) is 25.2 Å². The lowest BCUT2D eigenvalue weighted by molar-refractivity contribution is -0.122. The number of hydrogen-bond donors (Lipinski definition) is 1. The number of aromatic nitrogens is 1. The second-order valence-corrected chi connectivity index (χ2v) is 10.5. The Morgan fingerprint density at radius 1 is 1.05 bits per heavy atom. The van der Waals surface area contributed by atoms with Gasteiger partial charge in [0.1, 0.15) is 21.8 Å². The van der Waals surface area contributed by atoms with Gasteiger partial charge in [-0.25, -0.2) is 0 Å². The average Bonchev–Trinajstić information content (AvgIpc) is 3.15. The van der Waals surface area contributed by atoms with Crippen molar-refractivity contribution in [3.8, 4) is 6.07 Å². The molecule has 3 aromatic rings. The molecule has 0 unspecified atom stereocenters. The first-order valence-corrected chi connectivity index (χ1v) is 13.3. The molecule has 0 saturated carbocycles. The molecule has 0 radical (unpaired) electrons. The maximum absolute atomic E-state index is 13.4. The van der Waals surface area contributed by atoms with Gasteiger partial charge in [0, 0.05) is 18.7 Å². The highest BCUT2D eigenvalue weighted by Crippen LogP contribution is 2.35. The van der Waals surface area contributed by atoms with E-state index in [9.17, 15) is 14.9 Å². The molecule has 37 heavy (non-hydrogen) atoms. The Balaban J connectivity index is 1.70. The number of nitrogens with zero attached hydrogens (tertiary/aromatic N) is 3. The number of nitrogens with one attached hydrogen (secondary N) is 1. The Hall–Kier alpha value is -3.67. The van der Waals surface area contributed by atoms with Crippen LogP contribution in [-0.4, -0.2) is 26.2 Å². The maximum atomic E-state index is 13.4. The number of aryl methyl sites for hydroxylation is 1. The molecule has 1 N–H and O–H groups in total. The van der Waals surface area contributed by atoms with E-state index in [-0.39, 0.29) is 17.0 Å². The summed E-state index contributed by atoms with van der Waals surface area (Å²) in [4.78, 5) is 28.5. The lowest BCUT2D eigenvalue weighted by Gasteiger charge is -2.19. The number of nitriles is 1. The lowest BCUT2D eigenvalue weighted by atomic mass is 10.0. The van der Waals surface area contributed by atoms with Gasteiger partial charge < -0.3 is 5.32 Å². The van der Waals surface area contributed by atoms with E-state index in [0.717, 1.165) is 17.5 Å². The van der Waals surface area contributed by atoms with Crippen LogP contribution in [0.1, 0.15) is 40.3 Å². The van der Waals surface area contributed by atoms with Crippen LogP contribution in [-0.2, 0) is 24.3 Å². The van der Waals surface area contributed by atoms with Crippen LogP contribution >= 0.6 is 24.0 Å². The van der Waals surface area contributed by atoms with Crippen molar-refractivity contribution in [2.45, 2.75) is 40.3 Å². The van der Waals surface area contributed by atoms with Gasteiger partial charge in [0.25, 0.3) is 11.5 Å². The molecule has 1 aromatic heterocycles. The largest absolute Gasteiger partial charge is 0.371 e. The molecule has 6 nitrogen and oxygen atoms in total. The molecule has 0 spiro atoms. The number of amides is 1. The fourth-order valence-electron chi connectivity index (χ4n) is 4.27. The topological polar surface area (TPSA) is 78.1 Å². The van der Waals surface area contributed by atoms with Crippen LogP contribution in [0.5, 0.6) is 0 Å². The third-order valence-electron chi connectivity index (χ3n) is 6.35. The Kier molecular flexibility index (Phi) is 8.27. The van der Waals surface area contributed by atoms with Crippen LogP contribution in [0.2, 0.25) is 0 Å². The summed E-state index contributed by atoms with van der Waals surface area (Å²) >= 11 is 6.79. The van der Waals surface area contributed by atoms with Gasteiger partial charge in [-0.2, -0.15) is 5.26 Å². The number of thioether (sulfide) groups is 1. The molecule has 8 heteroatoms. The minimum Gasteiger partial charge on any atom is -0.371 e. The zero-order valence-corrected chi connectivity index (χ0v) is 22.7. The fraction of sp³-hybridized carbons (Fsp3) is 0.241. The summed E-state index contributed by atoms with van der Waals surface area (Å²) in [7, 11) is 0. The van der Waals surface area contributed by atoms with Gasteiger partial charge in [0.2, 0.25) is 0 Å². The average molecular weight is 529 g/mol. The summed E-state index contributed by atoms with van der Waals surface area (Å²) in [5.41, 5.74) is 4.25. The maximum Gasteiger partial charge on any atom is 0.270 e. The minimum atomic E-state index is -0.339. The number of pyridine rings is 1. The molecule has 188 valence electrons. The van der Waals surface area contributed by atoms with E-state index >= 15 is 0 Å². The summed E-state index contributed by atoms with van der Waals surface area (Å²) in [6.45, 7) is 7.00. The van der Waals surface area contributed by atoms with Crippen molar-refractivity contribution in [2.75, 3.05) is 11.9 Å². The number of thiocarbonyl (C=S) groups is 1. The smallest absolute Gasteiger partial charge is 0.270 e. The van der Waals surface area contributed by atoms with E-state index in [4.69, 9.17) is 12.2 Å². The van der Waals surface area contributed by atoms with Gasteiger partial charge in [-0.15, -0.1) is 0 Å². The molecule has 1 amide bonds. The van der Waals surface area contributed by atoms with Crippen LogP contribution in [0.4, 0.5) is 5.82 Å². The van der Waals surface area contributed by atoms with Crippen molar-refractivity contribution in [1.29, 1.82) is 5.26 Å². The van der Waals surface area contributed by atoms with E-state index in [2.05, 4.69) is 23.5 Å². The van der Waals surface area contributed by atoms with Crippen LogP contribution in [0.3, 0.4) is 0 Å². The van der Waals surface area contributed by atoms with Crippen LogP contribution in [0.25, 0.3) is 6.08 Å². The predicted octanol–water partition coefficient (Wildman–Crippen LogP) is 5.41. The molecule has 0 bridgehead atoms. The number of rotatable bonds is 8. The molecule has 1 aliphatic rings. The minimum absolute atomic E-state index is 0.0804. The molecule has 1 fully saturated rings. The molecule has 2 aromatic carbocycles. The predicted molar refractivity (Wildman–Crippen MR) is 154 cm³/mol. The van der Waals surface area contributed by atoms with Crippen molar-refractivity contribution >= 4 is 46.1 Å². The van der Waals surface area contributed by atoms with E-state index in [1.807, 2.05) is 56.3 Å². The van der Waals surface area contributed by atoms with Crippen molar-refractivity contribution in [3.63, 3.8) is 0 Å². The fourth-order valence-corrected chi connectivity index (χ4v) is 5.51. The van der Waals surface area contributed by atoms with Crippen molar-refractivity contribution < 1.29 is 4.79 Å². The Morgan fingerprint density at radius 2 is 1.76 bits per heavy atom. The van der Waals surface area contributed by atoms with E-state index in [1.165, 1.54) is 17.3 Å². The highest BCUT2D eigenvalue weighted by Gasteiger charge is 2.33. The summed E-state index contributed by atoms with van der Waals surface area (Å²) < 4.78 is 2.05. The monoisotopic (exact) mass is 528 g/mol. The number of hydrogen-bond acceptors (Lipinski definition) is 6. The Morgan fingerprint density at radius 3 is 2.41 bits per heavy atom. The normalized spacial score (nSPS) is 14.3. The number of carbonyl (C=O) groups is 1. The van der Waals surface area contributed by atoms with Gasteiger partial charge in [0.15, 0.2) is 0 Å². The van der Waals surface area contributed by atoms with Gasteiger partial charge in [-0.1, -0.05) is 84.1 Å². The molecular formula is C29H28N4O2S2. The zero-order chi connectivity index (χ0) is 26.5. The molecule has 0 atom stereocenters. The zero-order valence-electron chi connectivity index (χ0n) is 21.1. The second-order valence-electron chi connectivity index (χ2n) is 8.84. The van der Waals surface area contributed by atoms with Crippen LogP contribution in [0.15, 0.2) is 64.3 Å². The third-order valence-corrected chi connectivity index (χ3v) is 7.73. The summed E-state index contributed by atoms with van der Waals surface area (Å²) in [6, 6.07) is 20.1. The van der Waals surface area contributed by atoms with Gasteiger partial charge in [0.05, 0.1) is 11.4 Å². The first kappa shape index (κ1) is 26.4. The van der Waals surface area contributed by atoms with Gasteiger partial charge >= 0.3 is 0 Å². The van der Waals surface area contributed by atoms with Crippen LogP contribution < -0.4 is 10.9 Å². The first-order chi connectivity index (χ1) is 17.8. The van der Waals surface area contributed by atoms with Crippen molar-refractivity contribution in [1.82, 2.24) is 9.47 Å². The highest BCUT2D eigenvalue weighted by atomic mass is 32.2. The molecule has 0 aliphatic carbocycles. The highest BCUT2D eigenvalue weighted by molar-refractivity contribution is 8.26. The Bertz CT molecular complexity index is 1470. The molecule has 1 saturated heterocycles. The first-order valence-electron chi connectivity index (χ1n) is 12.1. The number of benzene rings is 2. The molecule has 2 heterocycles. The third kappa shape index (κ3) is 5.68. The SMILES string of the molecule is CCn1c(NCCc2ccccc2)c(/C=C2/SC(=S)N(Cc3ccc(C)cc3)C2=O)c(C)c(C#N)c1=O. The lowest BCUT2D eigenvalue weighted by Crippen LogP contribution is -2.28. The summed E-state index contributed by atoms with van der Waals surface area (Å²) in [5.74, 6) is 0.418. The van der Waals surface area contributed by atoms with E-state index in [1.54, 1.807) is 22.5 Å². The molecule has 4 rings (SSSR count). The van der Waals surface area contributed by atoms with Crippen molar-refractivity contribution in [3.05, 3.63) is 103 Å². The van der Waals surface area contributed by atoms with E-state index in [0.29, 0.717) is 45.8 Å². The van der Waals surface area contributed by atoms with E-state index < -0.39 is 0 Å². The molecule has 1 aliphatic heterocycles. The standard InChI is InChI=1S/C29H28N4O2S2/c1-4-32-26(31-15-14-21-8-6-5-7-9-21)23(20(3)24(17-30)27(32)34)16-25-28(35)33(29(36)37-25)18-22-12-10-19(2)11-13-22/h5-13,16,31H,4,14-15,18H2,1-3H3/b25-16+. The molecular weight excluding hydrogens is 500 g/mol. The quantitative estimate of drug-likeness (QED) is 0.311. The number of anilines is 1. The van der Waals surface area contributed by atoms with Gasteiger partial charge in [-0.05, 0) is 50.0 Å². The van der Waals surface area contributed by atoms with Crippen molar-refractivity contribution in [2.24, 2.45) is 0 Å².